The van der Waals surface area contributed by atoms with Gasteiger partial charge in [0.05, 0.1) is 17.3 Å². The second kappa shape index (κ2) is 10.8. The van der Waals surface area contributed by atoms with Crippen molar-refractivity contribution < 1.29 is 17.9 Å². The average Bonchev–Trinajstić information content (AvgIpc) is 3.38. The van der Waals surface area contributed by atoms with E-state index in [1.807, 2.05) is 12.1 Å². The van der Waals surface area contributed by atoms with Crippen molar-refractivity contribution >= 4 is 33.0 Å². The first kappa shape index (κ1) is 24.0. The first-order valence-corrected chi connectivity index (χ1v) is 12.3. The van der Waals surface area contributed by atoms with E-state index >= 15 is 0 Å². The lowest BCUT2D eigenvalue weighted by atomic mass is 10.1. The fourth-order valence-corrected chi connectivity index (χ4v) is 5.34. The maximum absolute atomic E-state index is 12.7. The summed E-state index contributed by atoms with van der Waals surface area (Å²) >= 11 is 1.16. The van der Waals surface area contributed by atoms with Gasteiger partial charge in [-0.1, -0.05) is 24.3 Å². The SMILES string of the molecule is C=CCN(Cc1ccc(C#N)cc1)C(=O)COc1ccc(N(C)S(=O)(=O)c2cccs2)cc1. The summed E-state index contributed by atoms with van der Waals surface area (Å²) < 4.78 is 32.4. The van der Waals surface area contributed by atoms with Crippen LogP contribution in [0.5, 0.6) is 5.75 Å². The predicted octanol–water partition coefficient (Wildman–Crippen LogP) is 4.04. The molecule has 0 saturated carbocycles. The molecule has 0 spiro atoms. The molecule has 0 aliphatic rings. The summed E-state index contributed by atoms with van der Waals surface area (Å²) in [4.78, 5) is 14.3. The first-order valence-electron chi connectivity index (χ1n) is 9.98. The summed E-state index contributed by atoms with van der Waals surface area (Å²) in [7, 11) is -2.13. The third-order valence-electron chi connectivity index (χ3n) is 4.83. The van der Waals surface area contributed by atoms with Crippen LogP contribution in [0.3, 0.4) is 0 Å². The zero-order valence-electron chi connectivity index (χ0n) is 18.0. The highest BCUT2D eigenvalue weighted by molar-refractivity contribution is 7.94. The molecule has 0 aliphatic heterocycles. The van der Waals surface area contributed by atoms with Gasteiger partial charge in [0.15, 0.2) is 6.61 Å². The number of nitrogens with zero attached hydrogens (tertiary/aromatic N) is 3. The number of sulfonamides is 1. The fourth-order valence-electron chi connectivity index (χ4n) is 2.99. The number of nitriles is 1. The number of carbonyl (C=O) groups excluding carboxylic acids is 1. The van der Waals surface area contributed by atoms with Crippen LogP contribution < -0.4 is 9.04 Å². The molecule has 33 heavy (non-hydrogen) atoms. The zero-order chi connectivity index (χ0) is 23.8. The van der Waals surface area contributed by atoms with Crippen molar-refractivity contribution in [2.45, 2.75) is 10.8 Å². The molecule has 0 fully saturated rings. The Hall–Kier alpha value is -3.61. The van der Waals surface area contributed by atoms with Crippen molar-refractivity contribution in [3.8, 4) is 11.8 Å². The Kier molecular flexibility index (Phi) is 7.87. The Balaban J connectivity index is 1.61. The van der Waals surface area contributed by atoms with Gasteiger partial charge in [-0.25, -0.2) is 8.42 Å². The first-order chi connectivity index (χ1) is 15.8. The van der Waals surface area contributed by atoms with Gasteiger partial charge in [-0.3, -0.25) is 9.10 Å². The van der Waals surface area contributed by atoms with Crippen LogP contribution in [-0.4, -0.2) is 39.4 Å². The number of carbonyl (C=O) groups is 1. The van der Waals surface area contributed by atoms with Crippen LogP contribution in [0.15, 0.2) is 82.9 Å². The monoisotopic (exact) mass is 481 g/mol. The molecule has 3 rings (SSSR count). The highest BCUT2D eigenvalue weighted by Gasteiger charge is 2.22. The highest BCUT2D eigenvalue weighted by Crippen LogP contribution is 2.26. The lowest BCUT2D eigenvalue weighted by Gasteiger charge is -2.22. The summed E-state index contributed by atoms with van der Waals surface area (Å²) in [6.07, 6.45) is 1.64. The molecule has 1 heterocycles. The second-order valence-electron chi connectivity index (χ2n) is 7.06. The van der Waals surface area contributed by atoms with Gasteiger partial charge in [-0.15, -0.1) is 17.9 Å². The average molecular weight is 482 g/mol. The normalized spacial score (nSPS) is 10.8. The molecule has 0 N–H and O–H groups in total. The number of amides is 1. The summed E-state index contributed by atoms with van der Waals surface area (Å²) in [6.45, 7) is 4.25. The maximum Gasteiger partial charge on any atom is 0.273 e. The van der Waals surface area contributed by atoms with Crippen molar-refractivity contribution in [1.29, 1.82) is 5.26 Å². The van der Waals surface area contributed by atoms with Crippen LogP contribution in [0.2, 0.25) is 0 Å². The molecule has 7 nitrogen and oxygen atoms in total. The summed E-state index contributed by atoms with van der Waals surface area (Å²) in [5, 5.41) is 10.6. The Labute approximate surface area is 197 Å². The zero-order valence-corrected chi connectivity index (χ0v) is 19.7. The predicted molar refractivity (Wildman–Crippen MR) is 129 cm³/mol. The fraction of sp³-hybridized carbons (Fsp3) is 0.167. The molecule has 170 valence electrons. The molecule has 0 bridgehead atoms. The van der Waals surface area contributed by atoms with Crippen molar-refractivity contribution in [2.75, 3.05) is 24.5 Å². The Morgan fingerprint density at radius 1 is 1.15 bits per heavy atom. The third-order valence-corrected chi connectivity index (χ3v) is 7.99. The molecule has 3 aromatic rings. The molecule has 0 radical (unpaired) electrons. The van der Waals surface area contributed by atoms with Crippen molar-refractivity contribution in [1.82, 2.24) is 4.90 Å². The molecular weight excluding hydrogens is 458 g/mol. The molecule has 1 aromatic heterocycles. The lowest BCUT2D eigenvalue weighted by molar-refractivity contribution is -0.133. The number of rotatable bonds is 10. The molecule has 1 amide bonds. The van der Waals surface area contributed by atoms with E-state index in [4.69, 9.17) is 10.00 Å². The van der Waals surface area contributed by atoms with Gasteiger partial charge in [-0.05, 0) is 53.4 Å². The number of ether oxygens (including phenoxy) is 1. The van der Waals surface area contributed by atoms with Gasteiger partial charge in [0.2, 0.25) is 0 Å². The lowest BCUT2D eigenvalue weighted by Crippen LogP contribution is -2.34. The molecule has 0 unspecified atom stereocenters. The minimum absolute atomic E-state index is 0.174. The van der Waals surface area contributed by atoms with E-state index in [0.29, 0.717) is 30.1 Å². The largest absolute Gasteiger partial charge is 0.484 e. The van der Waals surface area contributed by atoms with E-state index in [0.717, 1.165) is 16.9 Å². The van der Waals surface area contributed by atoms with E-state index in [-0.39, 0.29) is 16.7 Å². The Morgan fingerprint density at radius 3 is 2.42 bits per heavy atom. The summed E-state index contributed by atoms with van der Waals surface area (Å²) in [5.74, 6) is 0.228. The number of benzene rings is 2. The topological polar surface area (TPSA) is 90.7 Å². The minimum atomic E-state index is -3.62. The number of hydrogen-bond acceptors (Lipinski definition) is 6. The number of thiophene rings is 1. The highest BCUT2D eigenvalue weighted by atomic mass is 32.2. The van der Waals surface area contributed by atoms with Crippen LogP contribution in [0.4, 0.5) is 5.69 Å². The van der Waals surface area contributed by atoms with Gasteiger partial charge in [0.25, 0.3) is 15.9 Å². The van der Waals surface area contributed by atoms with Gasteiger partial charge in [-0.2, -0.15) is 5.26 Å². The van der Waals surface area contributed by atoms with Crippen molar-refractivity contribution in [3.63, 3.8) is 0 Å². The van der Waals surface area contributed by atoms with Crippen LogP contribution >= 0.6 is 11.3 Å². The van der Waals surface area contributed by atoms with Crippen LogP contribution in [0, 0.1) is 11.3 Å². The van der Waals surface area contributed by atoms with E-state index < -0.39 is 10.0 Å². The van der Waals surface area contributed by atoms with E-state index in [9.17, 15) is 13.2 Å². The second-order valence-corrected chi connectivity index (χ2v) is 10.2. The van der Waals surface area contributed by atoms with Crippen LogP contribution in [-0.2, 0) is 21.4 Å². The van der Waals surface area contributed by atoms with E-state index in [1.165, 1.54) is 11.4 Å². The van der Waals surface area contributed by atoms with Gasteiger partial charge in [0, 0.05) is 20.1 Å². The van der Waals surface area contributed by atoms with Gasteiger partial charge in [0.1, 0.15) is 9.96 Å². The minimum Gasteiger partial charge on any atom is -0.484 e. The quantitative estimate of drug-likeness (QED) is 0.408. The maximum atomic E-state index is 12.7. The Bertz CT molecular complexity index is 1230. The molecule has 2 aromatic carbocycles. The molecule has 9 heteroatoms. The molecule has 0 aliphatic carbocycles. The van der Waals surface area contributed by atoms with Gasteiger partial charge < -0.3 is 9.64 Å². The number of hydrogen-bond donors (Lipinski definition) is 0. The van der Waals surface area contributed by atoms with Crippen molar-refractivity contribution in [3.05, 3.63) is 89.8 Å². The smallest absolute Gasteiger partial charge is 0.273 e. The summed E-state index contributed by atoms with van der Waals surface area (Å²) in [6, 6.07) is 18.9. The molecule has 0 atom stereocenters. The number of anilines is 1. The van der Waals surface area contributed by atoms with Crippen LogP contribution in [0.25, 0.3) is 0 Å². The molecular formula is C24H23N3O4S2. The third kappa shape index (κ3) is 6.00. The van der Waals surface area contributed by atoms with Gasteiger partial charge >= 0.3 is 0 Å². The summed E-state index contributed by atoms with van der Waals surface area (Å²) in [5.41, 5.74) is 1.93. The van der Waals surface area contributed by atoms with E-state index in [2.05, 4.69) is 12.6 Å². The standard InChI is InChI=1S/C24H23N3O4S2/c1-3-14-27(17-20-8-6-19(16-25)7-9-20)23(28)18-31-22-12-10-21(11-13-22)26(2)33(29,30)24-5-4-15-32-24/h3-13,15H,1,14,17-18H2,2H3. The van der Waals surface area contributed by atoms with Crippen LogP contribution in [0.1, 0.15) is 11.1 Å². The Morgan fingerprint density at radius 2 is 1.85 bits per heavy atom. The van der Waals surface area contributed by atoms with E-state index in [1.54, 1.807) is 64.9 Å². The molecule has 0 saturated heterocycles. The van der Waals surface area contributed by atoms with Crippen molar-refractivity contribution in [2.24, 2.45) is 0 Å².